The first-order valence-corrected chi connectivity index (χ1v) is 26.2. The van der Waals surface area contributed by atoms with E-state index in [0.29, 0.717) is 0 Å². The van der Waals surface area contributed by atoms with Crippen molar-refractivity contribution in [2.45, 2.75) is 281 Å². The molecule has 2 heteroatoms. The van der Waals surface area contributed by atoms with Gasteiger partial charge in [-0.15, -0.1) is 23.5 Å². The lowest BCUT2D eigenvalue weighted by atomic mass is 10.0. The van der Waals surface area contributed by atoms with E-state index in [1.807, 2.05) is 0 Å². The summed E-state index contributed by atoms with van der Waals surface area (Å²) < 4.78 is 0. The van der Waals surface area contributed by atoms with Crippen molar-refractivity contribution in [3.05, 3.63) is 23.8 Å². The molecule has 0 N–H and O–H groups in total. The highest BCUT2D eigenvalue weighted by Gasteiger charge is 2.05. The molecule has 0 saturated carbocycles. The van der Waals surface area contributed by atoms with E-state index in [1.54, 1.807) is 5.56 Å². The number of hydrogen-bond acceptors (Lipinski definition) is 2. The summed E-state index contributed by atoms with van der Waals surface area (Å²) in [5.41, 5.74) is 1.57. The van der Waals surface area contributed by atoms with Crippen LogP contribution in [0.3, 0.4) is 0 Å². The van der Waals surface area contributed by atoms with Crippen molar-refractivity contribution < 1.29 is 0 Å². The summed E-state index contributed by atoms with van der Waals surface area (Å²) >= 11 is 4.25. The molecule has 52 heavy (non-hydrogen) atoms. The summed E-state index contributed by atoms with van der Waals surface area (Å²) in [6.45, 7) is 6.95. The highest BCUT2D eigenvalue weighted by Crippen LogP contribution is 2.30. The summed E-state index contributed by atoms with van der Waals surface area (Å²) in [4.78, 5) is 3.06. The van der Waals surface area contributed by atoms with Gasteiger partial charge in [-0.2, -0.15) is 0 Å². The summed E-state index contributed by atoms with van der Waals surface area (Å²) in [6, 6.07) is 7.53. The van der Waals surface area contributed by atoms with Crippen molar-refractivity contribution in [3.63, 3.8) is 0 Å². The molecule has 0 fully saturated rings. The van der Waals surface area contributed by atoms with E-state index in [1.165, 1.54) is 272 Å². The maximum absolute atomic E-state index is 2.51. The molecule has 0 radical (unpaired) electrons. The third kappa shape index (κ3) is 35.6. The average Bonchev–Trinajstić information content (AvgIpc) is 3.15. The monoisotopic (exact) mass is 759 g/mol. The molecule has 0 unspecified atom stereocenters. The van der Waals surface area contributed by atoms with E-state index in [0.717, 1.165) is 0 Å². The number of unbranched alkanes of at least 4 members (excludes halogenated alkanes) is 35. The van der Waals surface area contributed by atoms with Crippen LogP contribution in [0.15, 0.2) is 28.0 Å². The highest BCUT2D eigenvalue weighted by atomic mass is 32.2. The molecule has 0 atom stereocenters. The fourth-order valence-corrected chi connectivity index (χ4v) is 9.84. The third-order valence-electron chi connectivity index (χ3n) is 11.3. The van der Waals surface area contributed by atoms with Gasteiger partial charge in [0.15, 0.2) is 0 Å². The molecular weight excluding hydrogens is 665 g/mol. The fraction of sp³-hybridized carbons (Fsp3) is 0.880. The summed E-state index contributed by atoms with van der Waals surface area (Å²) in [5.74, 6) is 2.58. The van der Waals surface area contributed by atoms with Crippen LogP contribution in [0.25, 0.3) is 0 Å². The summed E-state index contributed by atoms with van der Waals surface area (Å²) in [6.07, 6.45) is 56.2. The Bertz CT molecular complexity index is 758. The maximum Gasteiger partial charge on any atom is 0.00858 e. The molecule has 0 heterocycles. The van der Waals surface area contributed by atoms with Gasteiger partial charge in [-0.05, 0) is 61.0 Å². The minimum Gasteiger partial charge on any atom is -0.126 e. The van der Waals surface area contributed by atoms with Gasteiger partial charge in [0.2, 0.25) is 0 Å². The van der Waals surface area contributed by atoms with E-state index in [2.05, 4.69) is 62.5 Å². The van der Waals surface area contributed by atoms with E-state index in [-0.39, 0.29) is 0 Å². The van der Waals surface area contributed by atoms with Gasteiger partial charge in [0, 0.05) is 9.79 Å². The molecule has 0 nitrogen and oxygen atoms in total. The van der Waals surface area contributed by atoms with Crippen molar-refractivity contribution in [1.29, 1.82) is 0 Å². The summed E-state index contributed by atoms with van der Waals surface area (Å²) in [7, 11) is 0. The van der Waals surface area contributed by atoms with E-state index < -0.39 is 0 Å². The van der Waals surface area contributed by atoms with Gasteiger partial charge in [0.05, 0.1) is 0 Å². The van der Waals surface area contributed by atoms with Crippen molar-refractivity contribution >= 4 is 23.5 Å². The topological polar surface area (TPSA) is 0 Å². The molecular formula is C50H94S2. The normalized spacial score (nSPS) is 11.6. The minimum atomic E-state index is 1.25. The Balaban J connectivity index is 2.00. The fourth-order valence-electron chi connectivity index (χ4n) is 7.71. The molecule has 0 bridgehead atoms. The quantitative estimate of drug-likeness (QED) is 0.0480. The zero-order chi connectivity index (χ0) is 37.3. The van der Waals surface area contributed by atoms with Crippen LogP contribution in [0.4, 0.5) is 0 Å². The molecule has 0 aliphatic carbocycles. The van der Waals surface area contributed by atoms with Gasteiger partial charge < -0.3 is 0 Å². The number of benzene rings is 1. The van der Waals surface area contributed by atoms with Crippen LogP contribution in [0.1, 0.15) is 270 Å². The SMILES string of the molecule is CCCCCCCCCCCCCCCCCCCCSc1cc(CCCC)cc(SCCCCCCCCCCCCCCCCCCCC)c1. The van der Waals surface area contributed by atoms with E-state index >= 15 is 0 Å². The number of aryl methyl sites for hydroxylation is 1. The molecule has 306 valence electrons. The second kappa shape index (κ2) is 42.1. The molecule has 1 aromatic rings. The first kappa shape index (κ1) is 49.9. The smallest absolute Gasteiger partial charge is 0.00858 e. The van der Waals surface area contributed by atoms with Crippen LogP contribution in [0.2, 0.25) is 0 Å². The predicted molar refractivity (Wildman–Crippen MR) is 244 cm³/mol. The highest BCUT2D eigenvalue weighted by molar-refractivity contribution is 8.00. The molecule has 0 saturated heterocycles. The number of thioether (sulfide) groups is 2. The van der Waals surface area contributed by atoms with Crippen molar-refractivity contribution in [2.75, 3.05) is 11.5 Å². The van der Waals surface area contributed by atoms with Gasteiger partial charge >= 0.3 is 0 Å². The Labute approximate surface area is 338 Å². The van der Waals surface area contributed by atoms with E-state index in [4.69, 9.17) is 0 Å². The Hall–Kier alpha value is -0.0800. The van der Waals surface area contributed by atoms with Gasteiger partial charge in [0.1, 0.15) is 0 Å². The van der Waals surface area contributed by atoms with Gasteiger partial charge in [-0.25, -0.2) is 0 Å². The summed E-state index contributed by atoms with van der Waals surface area (Å²) in [5, 5.41) is 0. The minimum absolute atomic E-state index is 1.25. The first-order valence-electron chi connectivity index (χ1n) is 24.2. The zero-order valence-corrected chi connectivity index (χ0v) is 37.7. The second-order valence-corrected chi connectivity index (χ2v) is 19.0. The maximum atomic E-state index is 2.51. The largest absolute Gasteiger partial charge is 0.126 e. The standard InChI is InChI=1S/C50H94S2/c1-4-7-10-12-14-16-18-20-22-24-26-28-30-32-34-36-38-40-43-51-49-45-48(42-9-6-3)46-50(47-49)52-44-41-39-37-35-33-31-29-27-25-23-21-19-17-15-13-11-8-5-2/h45-47H,4-44H2,1-3H3. The molecule has 0 aliphatic heterocycles. The van der Waals surface area contributed by atoms with Gasteiger partial charge in [-0.1, -0.05) is 245 Å². The van der Waals surface area contributed by atoms with Gasteiger partial charge in [-0.3, -0.25) is 0 Å². The molecule has 1 aromatic carbocycles. The van der Waals surface area contributed by atoms with Crippen LogP contribution in [0, 0.1) is 0 Å². The van der Waals surface area contributed by atoms with Crippen LogP contribution >= 0.6 is 23.5 Å². The number of rotatable bonds is 43. The third-order valence-corrected chi connectivity index (χ3v) is 13.4. The second-order valence-electron chi connectivity index (χ2n) is 16.6. The van der Waals surface area contributed by atoms with Crippen molar-refractivity contribution in [1.82, 2.24) is 0 Å². The molecule has 0 amide bonds. The van der Waals surface area contributed by atoms with Crippen molar-refractivity contribution in [3.8, 4) is 0 Å². The van der Waals surface area contributed by atoms with Gasteiger partial charge in [0.25, 0.3) is 0 Å². The lowest BCUT2D eigenvalue weighted by molar-refractivity contribution is 0.526. The van der Waals surface area contributed by atoms with Crippen LogP contribution in [0.5, 0.6) is 0 Å². The Morgan fingerprint density at radius 1 is 0.269 bits per heavy atom. The first-order chi connectivity index (χ1) is 25.8. The lowest BCUT2D eigenvalue weighted by Crippen LogP contribution is -1.90. The zero-order valence-electron chi connectivity index (χ0n) is 36.0. The lowest BCUT2D eigenvalue weighted by Gasteiger charge is -2.10. The molecule has 0 spiro atoms. The Morgan fingerprint density at radius 2 is 0.500 bits per heavy atom. The van der Waals surface area contributed by atoms with Crippen molar-refractivity contribution in [2.24, 2.45) is 0 Å². The van der Waals surface area contributed by atoms with Crippen LogP contribution < -0.4 is 0 Å². The predicted octanol–water partition coefficient (Wildman–Crippen LogP) is 19.3. The number of hydrogen-bond donors (Lipinski definition) is 0. The Morgan fingerprint density at radius 3 is 0.750 bits per heavy atom. The molecule has 0 aromatic heterocycles. The molecule has 0 aliphatic rings. The van der Waals surface area contributed by atoms with Crippen LogP contribution in [-0.2, 0) is 6.42 Å². The van der Waals surface area contributed by atoms with E-state index in [9.17, 15) is 0 Å². The Kier molecular flexibility index (Phi) is 40.4. The molecule has 1 rings (SSSR count). The van der Waals surface area contributed by atoms with Crippen LogP contribution in [-0.4, -0.2) is 11.5 Å². The average molecular weight is 759 g/mol.